The molecule has 4 nitrogen and oxygen atoms in total. The average molecular weight is 242 g/mol. The van der Waals surface area contributed by atoms with Crippen molar-refractivity contribution < 1.29 is 18.4 Å². The zero-order valence-corrected chi connectivity index (χ0v) is 9.17. The molecule has 3 N–H and O–H groups in total. The summed E-state index contributed by atoms with van der Waals surface area (Å²) in [5.74, 6) is -2.98. The van der Waals surface area contributed by atoms with Gasteiger partial charge >= 0.3 is 0 Å². The minimum Gasteiger partial charge on any atom is -0.368 e. The van der Waals surface area contributed by atoms with E-state index in [1.807, 2.05) is 0 Å². The van der Waals surface area contributed by atoms with Gasteiger partial charge in [-0.25, -0.2) is 8.78 Å². The number of hydrogen-bond donors (Lipinski definition) is 2. The number of primary amides is 1. The molecule has 0 aliphatic rings. The number of benzene rings is 1. The van der Waals surface area contributed by atoms with E-state index in [0.717, 1.165) is 12.1 Å². The fraction of sp³-hybridized carbons (Fsp3) is 0.273. The molecule has 2 amide bonds. The van der Waals surface area contributed by atoms with Crippen LogP contribution in [-0.2, 0) is 16.0 Å². The van der Waals surface area contributed by atoms with Gasteiger partial charge in [-0.3, -0.25) is 9.59 Å². The largest absolute Gasteiger partial charge is 0.368 e. The third-order valence-corrected chi connectivity index (χ3v) is 2.20. The highest BCUT2D eigenvalue weighted by Crippen LogP contribution is 2.12. The molecule has 17 heavy (non-hydrogen) atoms. The third kappa shape index (κ3) is 3.51. The van der Waals surface area contributed by atoms with Crippen LogP contribution in [0, 0.1) is 11.6 Å². The topological polar surface area (TPSA) is 72.2 Å². The number of hydrogen-bond acceptors (Lipinski definition) is 2. The van der Waals surface area contributed by atoms with Crippen LogP contribution < -0.4 is 11.1 Å². The van der Waals surface area contributed by atoms with Gasteiger partial charge in [0.05, 0.1) is 6.42 Å². The molecule has 0 spiro atoms. The molecule has 0 aliphatic heterocycles. The molecule has 0 bridgehead atoms. The first-order valence-electron chi connectivity index (χ1n) is 4.93. The van der Waals surface area contributed by atoms with E-state index in [0.29, 0.717) is 0 Å². The van der Waals surface area contributed by atoms with Crippen molar-refractivity contribution in [1.82, 2.24) is 5.32 Å². The van der Waals surface area contributed by atoms with Gasteiger partial charge in [-0.05, 0) is 19.1 Å². The molecule has 1 aromatic rings. The second kappa shape index (κ2) is 5.38. The maximum atomic E-state index is 13.2. The van der Waals surface area contributed by atoms with E-state index < -0.39 is 35.9 Å². The third-order valence-electron chi connectivity index (χ3n) is 2.20. The highest BCUT2D eigenvalue weighted by Gasteiger charge is 2.16. The SMILES string of the molecule is C[C@H](NC(=O)Cc1c(F)cccc1F)C(N)=O. The van der Waals surface area contributed by atoms with Crippen molar-refractivity contribution in [2.24, 2.45) is 5.73 Å². The van der Waals surface area contributed by atoms with Crippen molar-refractivity contribution >= 4 is 11.8 Å². The molecule has 6 heteroatoms. The van der Waals surface area contributed by atoms with Crippen molar-refractivity contribution in [1.29, 1.82) is 0 Å². The minimum atomic E-state index is -0.877. The molecule has 0 saturated heterocycles. The lowest BCUT2D eigenvalue weighted by atomic mass is 10.1. The van der Waals surface area contributed by atoms with Gasteiger partial charge in [-0.2, -0.15) is 0 Å². The summed E-state index contributed by atoms with van der Waals surface area (Å²) < 4.78 is 26.4. The quantitative estimate of drug-likeness (QED) is 0.806. The fourth-order valence-electron chi connectivity index (χ4n) is 1.23. The molecule has 1 rings (SSSR count). The van der Waals surface area contributed by atoms with Crippen LogP contribution in [0.5, 0.6) is 0 Å². The van der Waals surface area contributed by atoms with Crippen molar-refractivity contribution in [3.8, 4) is 0 Å². The van der Waals surface area contributed by atoms with Crippen LogP contribution in [-0.4, -0.2) is 17.9 Å². The van der Waals surface area contributed by atoms with Crippen LogP contribution in [0.2, 0.25) is 0 Å². The lowest BCUT2D eigenvalue weighted by molar-refractivity contribution is -0.126. The molecular formula is C11H12F2N2O2. The molecule has 0 heterocycles. The van der Waals surface area contributed by atoms with E-state index in [2.05, 4.69) is 5.32 Å². The van der Waals surface area contributed by atoms with Crippen molar-refractivity contribution in [2.45, 2.75) is 19.4 Å². The van der Waals surface area contributed by atoms with Gasteiger partial charge in [0, 0.05) is 5.56 Å². The van der Waals surface area contributed by atoms with E-state index in [1.54, 1.807) is 0 Å². The van der Waals surface area contributed by atoms with Crippen LogP contribution in [0.3, 0.4) is 0 Å². The normalized spacial score (nSPS) is 11.9. The first-order valence-corrected chi connectivity index (χ1v) is 4.93. The van der Waals surface area contributed by atoms with Gasteiger partial charge in [0.25, 0.3) is 0 Å². The van der Waals surface area contributed by atoms with Crippen LogP contribution in [0.15, 0.2) is 18.2 Å². The number of nitrogens with one attached hydrogen (secondary N) is 1. The molecule has 0 unspecified atom stereocenters. The Bertz CT molecular complexity index is 429. The summed E-state index contributed by atoms with van der Waals surface area (Å²) in [6.07, 6.45) is -0.476. The molecule has 1 atom stereocenters. The predicted molar refractivity (Wildman–Crippen MR) is 56.9 cm³/mol. The Hall–Kier alpha value is -1.98. The van der Waals surface area contributed by atoms with Crippen molar-refractivity contribution in [2.75, 3.05) is 0 Å². The van der Waals surface area contributed by atoms with Gasteiger partial charge < -0.3 is 11.1 Å². The summed E-state index contributed by atoms with van der Waals surface area (Å²) in [6.45, 7) is 1.39. The van der Waals surface area contributed by atoms with Gasteiger partial charge in [-0.1, -0.05) is 6.07 Å². The highest BCUT2D eigenvalue weighted by molar-refractivity contribution is 5.87. The standard InChI is InChI=1S/C11H12F2N2O2/c1-6(11(14)17)15-10(16)5-7-8(12)3-2-4-9(7)13/h2-4,6H,5H2,1H3,(H2,14,17)(H,15,16)/t6-/m0/s1. The number of carbonyl (C=O) groups is 2. The Labute approximate surface area is 96.8 Å². The lowest BCUT2D eigenvalue weighted by Gasteiger charge is -2.10. The van der Waals surface area contributed by atoms with Gasteiger partial charge in [0.2, 0.25) is 11.8 Å². The lowest BCUT2D eigenvalue weighted by Crippen LogP contribution is -2.42. The second-order valence-electron chi connectivity index (χ2n) is 3.57. The van der Waals surface area contributed by atoms with E-state index in [9.17, 15) is 18.4 Å². The molecule has 0 fully saturated rings. The van der Waals surface area contributed by atoms with Gasteiger partial charge in [0.1, 0.15) is 17.7 Å². The zero-order chi connectivity index (χ0) is 13.0. The molecule has 0 saturated carbocycles. The molecular weight excluding hydrogens is 230 g/mol. The summed E-state index contributed by atoms with van der Waals surface area (Å²) in [4.78, 5) is 22.1. The number of halogens is 2. The monoisotopic (exact) mass is 242 g/mol. The van der Waals surface area contributed by atoms with Crippen molar-refractivity contribution in [3.05, 3.63) is 35.4 Å². The summed E-state index contributed by atoms with van der Waals surface area (Å²) in [5, 5.41) is 2.24. The van der Waals surface area contributed by atoms with E-state index >= 15 is 0 Å². The molecule has 1 aromatic carbocycles. The fourth-order valence-corrected chi connectivity index (χ4v) is 1.23. The smallest absolute Gasteiger partial charge is 0.239 e. The van der Waals surface area contributed by atoms with Gasteiger partial charge in [0.15, 0.2) is 0 Å². The number of nitrogens with two attached hydrogens (primary N) is 1. The predicted octanol–water partition coefficient (Wildman–Crippen LogP) is 0.497. The molecule has 0 radical (unpaired) electrons. The Morgan fingerprint density at radius 3 is 2.35 bits per heavy atom. The Morgan fingerprint density at radius 2 is 1.88 bits per heavy atom. The van der Waals surface area contributed by atoms with Crippen molar-refractivity contribution in [3.63, 3.8) is 0 Å². The van der Waals surface area contributed by atoms with E-state index in [1.165, 1.54) is 13.0 Å². The van der Waals surface area contributed by atoms with Crippen LogP contribution >= 0.6 is 0 Å². The minimum absolute atomic E-state index is 0.332. The van der Waals surface area contributed by atoms with E-state index in [4.69, 9.17) is 5.73 Å². The molecule has 92 valence electrons. The van der Waals surface area contributed by atoms with Crippen LogP contribution in [0.25, 0.3) is 0 Å². The average Bonchev–Trinajstić information content (AvgIpc) is 2.23. The van der Waals surface area contributed by atoms with Crippen LogP contribution in [0.4, 0.5) is 8.78 Å². The van der Waals surface area contributed by atoms with Gasteiger partial charge in [-0.15, -0.1) is 0 Å². The number of rotatable bonds is 4. The molecule has 0 aromatic heterocycles. The van der Waals surface area contributed by atoms with Crippen LogP contribution in [0.1, 0.15) is 12.5 Å². The summed E-state index contributed by atoms with van der Waals surface area (Å²) in [7, 11) is 0. The highest BCUT2D eigenvalue weighted by atomic mass is 19.1. The first kappa shape index (κ1) is 13.1. The Kier molecular flexibility index (Phi) is 4.14. The number of carbonyl (C=O) groups excluding carboxylic acids is 2. The molecule has 0 aliphatic carbocycles. The number of amides is 2. The maximum absolute atomic E-state index is 13.2. The summed E-state index contributed by atoms with van der Waals surface area (Å²) in [5.41, 5.74) is 4.60. The Morgan fingerprint density at radius 1 is 1.35 bits per heavy atom. The van der Waals surface area contributed by atoms with E-state index in [-0.39, 0.29) is 5.56 Å². The Balaban J connectivity index is 2.72. The maximum Gasteiger partial charge on any atom is 0.239 e. The summed E-state index contributed by atoms with van der Waals surface area (Å²) in [6, 6.07) is 2.45. The summed E-state index contributed by atoms with van der Waals surface area (Å²) >= 11 is 0. The first-order chi connectivity index (χ1) is 7.91. The zero-order valence-electron chi connectivity index (χ0n) is 9.17. The second-order valence-corrected chi connectivity index (χ2v) is 3.57.